The molecule has 13 heteroatoms. The van der Waals surface area contributed by atoms with Gasteiger partial charge in [0.15, 0.2) is 0 Å². The summed E-state index contributed by atoms with van der Waals surface area (Å²) in [5.41, 5.74) is 1.09. The highest BCUT2D eigenvalue weighted by molar-refractivity contribution is 7.91. The van der Waals surface area contributed by atoms with E-state index in [1.807, 2.05) is 0 Å². The lowest BCUT2D eigenvalue weighted by atomic mass is 9.77. The first kappa shape index (κ1) is 32.3. The summed E-state index contributed by atoms with van der Waals surface area (Å²) in [6, 6.07) is 9.97. The molecule has 2 N–H and O–H groups in total. The van der Waals surface area contributed by atoms with Crippen LogP contribution in [0.2, 0.25) is 0 Å². The van der Waals surface area contributed by atoms with Crippen LogP contribution in [0.5, 0.6) is 0 Å². The number of hydrogen-bond donors (Lipinski definition) is 2. The van der Waals surface area contributed by atoms with Gasteiger partial charge in [0, 0.05) is 36.1 Å². The number of fused-ring (bicyclic) bond motifs is 2. The average molecular weight is 654 g/mol. The van der Waals surface area contributed by atoms with Gasteiger partial charge in [-0.2, -0.15) is 0 Å². The number of nitrogens with zero attached hydrogens (tertiary/aromatic N) is 5. The van der Waals surface area contributed by atoms with Gasteiger partial charge >= 0.3 is 0 Å². The molecule has 6 rings (SSSR count). The molecule has 1 spiro atoms. The fourth-order valence-corrected chi connectivity index (χ4v) is 8.22. The largest absolute Gasteiger partial charge is 0.351 e. The van der Waals surface area contributed by atoms with E-state index in [2.05, 4.69) is 45.8 Å². The molecule has 10 nitrogen and oxygen atoms in total. The molecule has 46 heavy (non-hydrogen) atoms. The van der Waals surface area contributed by atoms with Crippen LogP contribution in [0, 0.1) is 11.6 Å². The second-order valence-corrected chi connectivity index (χ2v) is 14.6. The van der Waals surface area contributed by atoms with Crippen LogP contribution in [-0.4, -0.2) is 79.9 Å². The topological polar surface area (TPSA) is 111 Å². The molecule has 2 aromatic carbocycles. The quantitative estimate of drug-likeness (QED) is 0.348. The Morgan fingerprint density at radius 2 is 1.80 bits per heavy atom. The van der Waals surface area contributed by atoms with E-state index >= 15 is 4.39 Å². The Balaban J connectivity index is 1.24. The normalized spacial score (nSPS) is 23.6. The lowest BCUT2D eigenvalue weighted by Gasteiger charge is -2.40. The number of halogens is 2. The third-order valence-corrected chi connectivity index (χ3v) is 10.9. The van der Waals surface area contributed by atoms with Crippen LogP contribution in [0.25, 0.3) is 0 Å². The van der Waals surface area contributed by atoms with Gasteiger partial charge in [0.1, 0.15) is 17.0 Å². The fourth-order valence-electron chi connectivity index (χ4n) is 7.02. The number of nitrogens with one attached hydrogen (secondary N) is 2. The number of rotatable bonds is 9. The maximum absolute atomic E-state index is 15.4. The molecule has 1 atom stereocenters. The first-order valence-electron chi connectivity index (χ1n) is 15.8. The van der Waals surface area contributed by atoms with E-state index in [0.29, 0.717) is 36.2 Å². The highest BCUT2D eigenvalue weighted by Crippen LogP contribution is 2.43. The number of likely N-dealkylation sites (tertiary alicyclic amines) is 1. The summed E-state index contributed by atoms with van der Waals surface area (Å²) in [4.78, 5) is 30.1. The first-order valence-corrected chi connectivity index (χ1v) is 17.5. The number of anilines is 3. The van der Waals surface area contributed by atoms with E-state index in [-0.39, 0.29) is 24.2 Å². The van der Waals surface area contributed by atoms with Crippen molar-refractivity contribution in [2.24, 2.45) is 0 Å². The van der Waals surface area contributed by atoms with E-state index in [9.17, 15) is 17.6 Å². The van der Waals surface area contributed by atoms with Crippen LogP contribution in [0.4, 0.5) is 26.1 Å². The zero-order valence-corrected chi connectivity index (χ0v) is 27.3. The molecular formula is C33H41F2N7O3S. The zero-order valence-electron chi connectivity index (χ0n) is 26.5. The molecule has 0 bridgehead atoms. The van der Waals surface area contributed by atoms with Crippen LogP contribution in [0.3, 0.4) is 0 Å². The summed E-state index contributed by atoms with van der Waals surface area (Å²) >= 11 is 0. The molecule has 1 amide bonds. The van der Waals surface area contributed by atoms with Gasteiger partial charge < -0.3 is 20.0 Å². The highest BCUT2D eigenvalue weighted by atomic mass is 32.2. The highest BCUT2D eigenvalue weighted by Gasteiger charge is 2.53. The second-order valence-electron chi connectivity index (χ2n) is 12.9. The van der Waals surface area contributed by atoms with E-state index < -0.39 is 32.8 Å². The van der Waals surface area contributed by atoms with Crippen molar-refractivity contribution in [3.8, 4) is 0 Å². The number of carbonyl (C=O) groups is 1. The molecule has 1 unspecified atom stereocenters. The lowest BCUT2D eigenvalue weighted by Crippen LogP contribution is -2.53. The third kappa shape index (κ3) is 6.58. The Morgan fingerprint density at radius 1 is 1.07 bits per heavy atom. The maximum Gasteiger partial charge on any atom is 0.240 e. The van der Waals surface area contributed by atoms with Crippen molar-refractivity contribution < 1.29 is 22.0 Å². The Morgan fingerprint density at radius 3 is 2.46 bits per heavy atom. The Hall–Kier alpha value is -3.68. The predicted molar refractivity (Wildman–Crippen MR) is 174 cm³/mol. The van der Waals surface area contributed by atoms with E-state index in [4.69, 9.17) is 4.98 Å². The molecule has 1 saturated heterocycles. The van der Waals surface area contributed by atoms with Crippen LogP contribution in [-0.2, 0) is 32.5 Å². The molecule has 0 radical (unpaired) electrons. The minimum absolute atomic E-state index is 0.156. The minimum Gasteiger partial charge on any atom is -0.351 e. The molecule has 3 heterocycles. The fraction of sp³-hybridized carbons (Fsp3) is 0.485. The predicted octanol–water partition coefficient (Wildman–Crippen LogP) is 4.49. The van der Waals surface area contributed by atoms with Gasteiger partial charge in [-0.3, -0.25) is 9.52 Å². The zero-order chi connectivity index (χ0) is 32.6. The van der Waals surface area contributed by atoms with Crippen molar-refractivity contribution in [2.75, 3.05) is 48.7 Å². The van der Waals surface area contributed by atoms with Gasteiger partial charge in [-0.15, -0.1) is 0 Å². The molecule has 2 fully saturated rings. The number of likely N-dealkylation sites (N-methyl/N-ethyl adjacent to an activating group) is 1. The molecule has 1 aromatic heterocycles. The molecule has 1 aliphatic carbocycles. The third-order valence-electron chi connectivity index (χ3n) is 9.66. The van der Waals surface area contributed by atoms with Crippen molar-refractivity contribution in [1.29, 1.82) is 0 Å². The average Bonchev–Trinajstić information content (AvgIpc) is 3.47. The van der Waals surface area contributed by atoms with Gasteiger partial charge in [-0.05, 0) is 95.2 Å². The number of aromatic nitrogens is 2. The van der Waals surface area contributed by atoms with Crippen molar-refractivity contribution in [3.63, 3.8) is 0 Å². The smallest absolute Gasteiger partial charge is 0.240 e. The van der Waals surface area contributed by atoms with Crippen molar-refractivity contribution >= 4 is 33.3 Å². The standard InChI is InChI=1S/C33H41F2N7O3S/c1-4-41-16-15-33(21-41)30-23(18-36-32(38-30)37-25-9-11-26(12-10-25)40(2)3)19-42(31(33)43)27-13-14-29(28(35)17-27)39-46(44,45)20-22-5-7-24(34)8-6-22/h5-8,13-14,17-18,25-26,39H,4,9-12,15-16,19-21H2,1-3H3,(H,36,37,38). The van der Waals surface area contributed by atoms with Crippen molar-refractivity contribution in [3.05, 3.63) is 77.1 Å². The number of benzene rings is 2. The molecule has 3 aromatic rings. The number of carbonyl (C=O) groups excluding carboxylic acids is 1. The Kier molecular flexibility index (Phi) is 9.01. The second kappa shape index (κ2) is 12.8. The van der Waals surface area contributed by atoms with Gasteiger partial charge in [0.25, 0.3) is 0 Å². The summed E-state index contributed by atoms with van der Waals surface area (Å²) in [6.07, 6.45) is 6.61. The number of sulfonamides is 1. The van der Waals surface area contributed by atoms with E-state index in [0.717, 1.165) is 50.0 Å². The van der Waals surface area contributed by atoms with Crippen LogP contribution in [0.1, 0.15) is 55.8 Å². The molecule has 246 valence electrons. The van der Waals surface area contributed by atoms with Crippen molar-refractivity contribution in [2.45, 2.75) is 68.8 Å². The number of hydrogen-bond acceptors (Lipinski definition) is 8. The monoisotopic (exact) mass is 653 g/mol. The maximum atomic E-state index is 15.4. The van der Waals surface area contributed by atoms with Gasteiger partial charge in [0.05, 0.1) is 23.7 Å². The molecular weight excluding hydrogens is 612 g/mol. The molecule has 3 aliphatic rings. The summed E-state index contributed by atoms with van der Waals surface area (Å²) < 4.78 is 56.4. The van der Waals surface area contributed by atoms with Crippen LogP contribution in [0.15, 0.2) is 48.7 Å². The molecule has 1 saturated carbocycles. The van der Waals surface area contributed by atoms with Crippen LogP contribution < -0.4 is 14.9 Å². The van der Waals surface area contributed by atoms with Gasteiger partial charge in [-0.1, -0.05) is 19.1 Å². The first-order chi connectivity index (χ1) is 22.0. The van der Waals surface area contributed by atoms with E-state index in [1.165, 1.54) is 36.4 Å². The minimum atomic E-state index is -3.98. The summed E-state index contributed by atoms with van der Waals surface area (Å²) in [7, 11) is 0.255. The summed E-state index contributed by atoms with van der Waals surface area (Å²) in [6.45, 7) is 4.26. The summed E-state index contributed by atoms with van der Waals surface area (Å²) in [5.74, 6) is -1.36. The van der Waals surface area contributed by atoms with Gasteiger partial charge in [-0.25, -0.2) is 27.2 Å². The Labute approximate surface area is 269 Å². The Bertz CT molecular complexity index is 1700. The number of amides is 1. The van der Waals surface area contributed by atoms with Crippen molar-refractivity contribution in [1.82, 2.24) is 19.8 Å². The van der Waals surface area contributed by atoms with E-state index in [1.54, 1.807) is 17.2 Å². The molecule has 2 aliphatic heterocycles. The lowest BCUT2D eigenvalue weighted by molar-refractivity contribution is -0.124. The summed E-state index contributed by atoms with van der Waals surface area (Å²) in [5, 5.41) is 3.53. The van der Waals surface area contributed by atoms with Crippen LogP contribution >= 0.6 is 0 Å². The SMILES string of the molecule is CCN1CCC2(C1)C(=O)N(c1ccc(NS(=O)(=O)Cc3ccc(F)cc3)c(F)c1)Cc1cnc(NC3CCC(N(C)C)CC3)nc12. The van der Waals surface area contributed by atoms with Gasteiger partial charge in [0.2, 0.25) is 21.9 Å².